The van der Waals surface area contributed by atoms with Gasteiger partial charge < -0.3 is 15.2 Å². The van der Waals surface area contributed by atoms with Crippen LogP contribution in [0, 0.1) is 13.8 Å². The van der Waals surface area contributed by atoms with Crippen molar-refractivity contribution in [3.8, 4) is 11.5 Å². The van der Waals surface area contributed by atoms with Crippen LogP contribution in [0.4, 0.5) is 0 Å². The maximum atomic E-state index is 9.80. The van der Waals surface area contributed by atoms with Crippen LogP contribution in [0.1, 0.15) is 28.3 Å². The first-order valence-electron chi connectivity index (χ1n) is 6.89. The molecule has 3 heteroatoms. The van der Waals surface area contributed by atoms with E-state index in [0.29, 0.717) is 12.4 Å². The van der Waals surface area contributed by atoms with Crippen LogP contribution in [-0.2, 0) is 6.54 Å². The second kappa shape index (κ2) is 5.17. The maximum absolute atomic E-state index is 9.80. The van der Waals surface area contributed by atoms with Gasteiger partial charge >= 0.3 is 0 Å². The average molecular weight is 269 g/mol. The van der Waals surface area contributed by atoms with Gasteiger partial charge in [-0.25, -0.2) is 0 Å². The molecule has 20 heavy (non-hydrogen) atoms. The van der Waals surface area contributed by atoms with E-state index < -0.39 is 0 Å². The van der Waals surface area contributed by atoms with Gasteiger partial charge in [-0.05, 0) is 36.6 Å². The second-order valence-corrected chi connectivity index (χ2v) is 5.36. The van der Waals surface area contributed by atoms with E-state index in [0.717, 1.165) is 23.4 Å². The Hall–Kier alpha value is -2.00. The highest BCUT2D eigenvalue weighted by molar-refractivity contribution is 5.42. The fourth-order valence-corrected chi connectivity index (χ4v) is 2.72. The molecule has 0 radical (unpaired) electrons. The molecule has 1 aliphatic heterocycles. The molecule has 2 N–H and O–H groups in total. The van der Waals surface area contributed by atoms with Crippen molar-refractivity contribution in [1.82, 2.24) is 5.32 Å². The molecule has 1 unspecified atom stereocenters. The highest BCUT2D eigenvalue weighted by Gasteiger charge is 2.22. The zero-order valence-electron chi connectivity index (χ0n) is 11.8. The number of fused-ring (bicyclic) bond motifs is 1. The number of nitrogens with one attached hydrogen (secondary N) is 1. The Labute approximate surface area is 119 Å². The summed E-state index contributed by atoms with van der Waals surface area (Å²) in [7, 11) is 0. The first-order valence-corrected chi connectivity index (χ1v) is 6.89. The summed E-state index contributed by atoms with van der Waals surface area (Å²) < 4.78 is 5.66. The van der Waals surface area contributed by atoms with Gasteiger partial charge in [-0.1, -0.05) is 30.3 Å². The number of benzene rings is 2. The van der Waals surface area contributed by atoms with Crippen molar-refractivity contribution in [1.29, 1.82) is 0 Å². The summed E-state index contributed by atoms with van der Waals surface area (Å²) in [6, 6.07) is 12.4. The summed E-state index contributed by atoms with van der Waals surface area (Å²) in [4.78, 5) is 0. The van der Waals surface area contributed by atoms with Gasteiger partial charge in [-0.3, -0.25) is 0 Å². The number of aryl methyl sites for hydroxylation is 2. The van der Waals surface area contributed by atoms with E-state index >= 15 is 0 Å². The van der Waals surface area contributed by atoms with Crippen LogP contribution in [0.3, 0.4) is 0 Å². The van der Waals surface area contributed by atoms with E-state index in [9.17, 15) is 5.11 Å². The lowest BCUT2D eigenvalue weighted by Crippen LogP contribution is -2.22. The third-order valence-corrected chi connectivity index (χ3v) is 3.80. The molecular weight excluding hydrogens is 250 g/mol. The third-order valence-electron chi connectivity index (χ3n) is 3.80. The van der Waals surface area contributed by atoms with Crippen LogP contribution in [0.25, 0.3) is 0 Å². The van der Waals surface area contributed by atoms with Crippen molar-refractivity contribution in [3.63, 3.8) is 0 Å². The predicted octanol–water partition coefficient (Wildman–Crippen LogP) is 3.23. The Morgan fingerprint density at radius 1 is 1.20 bits per heavy atom. The lowest BCUT2D eigenvalue weighted by molar-refractivity contribution is 0.310. The molecule has 0 saturated carbocycles. The Bertz CT molecular complexity index is 614. The Balaban J connectivity index is 1.72. The first kappa shape index (κ1) is 13.0. The van der Waals surface area contributed by atoms with Crippen molar-refractivity contribution < 1.29 is 9.84 Å². The van der Waals surface area contributed by atoms with Gasteiger partial charge in [0.25, 0.3) is 0 Å². The SMILES string of the molecule is Cc1cc(CNC2COc3ccccc32)cc(C)c1O. The fraction of sp³-hybridized carbons (Fsp3) is 0.294. The standard InChI is InChI=1S/C17H19NO2/c1-11-7-13(8-12(2)17(11)19)9-18-15-10-20-16-6-4-3-5-14(15)16/h3-8,15,18-19H,9-10H2,1-2H3. The van der Waals surface area contributed by atoms with Crippen molar-refractivity contribution in [3.05, 3.63) is 58.7 Å². The van der Waals surface area contributed by atoms with Gasteiger partial charge in [0.15, 0.2) is 0 Å². The number of phenolic OH excluding ortho intramolecular Hbond substituents is 1. The number of ether oxygens (including phenoxy) is 1. The summed E-state index contributed by atoms with van der Waals surface area (Å²) >= 11 is 0. The number of hydrogen-bond acceptors (Lipinski definition) is 3. The average Bonchev–Trinajstić information content (AvgIpc) is 2.85. The Kier molecular flexibility index (Phi) is 3.36. The van der Waals surface area contributed by atoms with Crippen LogP contribution in [0.2, 0.25) is 0 Å². The van der Waals surface area contributed by atoms with Crippen LogP contribution in [-0.4, -0.2) is 11.7 Å². The van der Waals surface area contributed by atoms with Crippen molar-refractivity contribution in [2.24, 2.45) is 0 Å². The van der Waals surface area contributed by atoms with E-state index in [2.05, 4.69) is 11.4 Å². The minimum Gasteiger partial charge on any atom is -0.507 e. The van der Waals surface area contributed by atoms with Gasteiger partial charge in [-0.15, -0.1) is 0 Å². The quantitative estimate of drug-likeness (QED) is 0.899. The third kappa shape index (κ3) is 2.37. The van der Waals surface area contributed by atoms with Crippen LogP contribution in [0.5, 0.6) is 11.5 Å². The second-order valence-electron chi connectivity index (χ2n) is 5.36. The number of hydrogen-bond donors (Lipinski definition) is 2. The largest absolute Gasteiger partial charge is 0.507 e. The molecule has 0 aromatic heterocycles. The molecule has 0 amide bonds. The van der Waals surface area contributed by atoms with Crippen molar-refractivity contribution in [2.75, 3.05) is 6.61 Å². The fourth-order valence-electron chi connectivity index (χ4n) is 2.72. The predicted molar refractivity (Wildman–Crippen MR) is 79.1 cm³/mol. The first-order chi connectivity index (χ1) is 9.65. The number of para-hydroxylation sites is 1. The number of aromatic hydroxyl groups is 1. The summed E-state index contributed by atoms with van der Waals surface area (Å²) in [5.41, 5.74) is 4.25. The molecule has 3 nitrogen and oxygen atoms in total. The molecule has 2 aromatic carbocycles. The summed E-state index contributed by atoms with van der Waals surface area (Å²) in [5.74, 6) is 1.37. The lowest BCUT2D eigenvalue weighted by atomic mass is 10.0. The van der Waals surface area contributed by atoms with E-state index in [1.807, 2.05) is 44.2 Å². The number of rotatable bonds is 3. The van der Waals surface area contributed by atoms with Gasteiger partial charge in [0, 0.05) is 12.1 Å². The van der Waals surface area contributed by atoms with E-state index in [1.165, 1.54) is 11.1 Å². The van der Waals surface area contributed by atoms with Gasteiger partial charge in [0.05, 0.1) is 6.04 Å². The Morgan fingerprint density at radius 3 is 2.65 bits per heavy atom. The monoisotopic (exact) mass is 269 g/mol. The molecule has 0 aliphatic carbocycles. The molecule has 1 atom stereocenters. The van der Waals surface area contributed by atoms with Crippen molar-refractivity contribution in [2.45, 2.75) is 26.4 Å². The molecule has 0 saturated heterocycles. The van der Waals surface area contributed by atoms with E-state index in [1.54, 1.807) is 0 Å². The van der Waals surface area contributed by atoms with E-state index in [4.69, 9.17) is 4.74 Å². The highest BCUT2D eigenvalue weighted by Crippen LogP contribution is 2.32. The molecule has 3 rings (SSSR count). The highest BCUT2D eigenvalue weighted by atomic mass is 16.5. The smallest absolute Gasteiger partial charge is 0.124 e. The van der Waals surface area contributed by atoms with Gasteiger partial charge in [-0.2, -0.15) is 0 Å². The molecular formula is C17H19NO2. The minimum absolute atomic E-state index is 0.237. The Morgan fingerprint density at radius 2 is 1.90 bits per heavy atom. The normalized spacial score (nSPS) is 16.8. The summed E-state index contributed by atoms with van der Waals surface area (Å²) in [6.07, 6.45) is 0. The molecule has 0 bridgehead atoms. The summed E-state index contributed by atoms with van der Waals surface area (Å²) in [5, 5.41) is 13.3. The molecule has 0 fully saturated rings. The minimum atomic E-state index is 0.237. The maximum Gasteiger partial charge on any atom is 0.124 e. The molecule has 2 aromatic rings. The van der Waals surface area contributed by atoms with Crippen LogP contribution < -0.4 is 10.1 Å². The van der Waals surface area contributed by atoms with Crippen LogP contribution >= 0.6 is 0 Å². The molecule has 104 valence electrons. The number of phenols is 1. The zero-order valence-corrected chi connectivity index (χ0v) is 11.8. The van der Waals surface area contributed by atoms with E-state index in [-0.39, 0.29) is 6.04 Å². The van der Waals surface area contributed by atoms with Gasteiger partial charge in [0.1, 0.15) is 18.1 Å². The molecule has 1 heterocycles. The molecule has 0 spiro atoms. The topological polar surface area (TPSA) is 41.5 Å². The molecule has 1 aliphatic rings. The zero-order chi connectivity index (χ0) is 14.1. The lowest BCUT2D eigenvalue weighted by Gasteiger charge is -2.13. The van der Waals surface area contributed by atoms with Crippen LogP contribution in [0.15, 0.2) is 36.4 Å². The van der Waals surface area contributed by atoms with Gasteiger partial charge in [0.2, 0.25) is 0 Å². The summed E-state index contributed by atoms with van der Waals surface area (Å²) in [6.45, 7) is 5.30. The van der Waals surface area contributed by atoms with Crippen molar-refractivity contribution >= 4 is 0 Å².